The summed E-state index contributed by atoms with van der Waals surface area (Å²) in [6, 6.07) is 18.7. The smallest absolute Gasteiger partial charge is 0.308 e. The lowest BCUT2D eigenvalue weighted by Gasteiger charge is -2.29. The standard InChI is InChI=1S/C26H19N3O5S3/c30-16-10-8-14(9-11-16)27-18(31)13-28-25-22(37-26(28)34)19(17-7-4-12-35-17)20-21(36-25)24(33)29(23(20)32)15-5-2-1-3-6-15/h1-12,19-21,30H,13H2,(H,27,31). The molecule has 3 atom stereocenters. The molecule has 2 aliphatic heterocycles. The number of amides is 3. The molecule has 0 saturated carbocycles. The van der Waals surface area contributed by atoms with Crippen LogP contribution in [0, 0.1) is 5.92 Å². The summed E-state index contributed by atoms with van der Waals surface area (Å²) in [5.74, 6) is -2.05. The lowest BCUT2D eigenvalue weighted by molar-refractivity contribution is -0.122. The Balaban J connectivity index is 1.38. The average Bonchev–Trinajstić information content (AvgIpc) is 3.59. The van der Waals surface area contributed by atoms with E-state index < -0.39 is 23.0 Å². The van der Waals surface area contributed by atoms with Gasteiger partial charge in [-0.15, -0.1) is 11.3 Å². The largest absolute Gasteiger partial charge is 0.508 e. The summed E-state index contributed by atoms with van der Waals surface area (Å²) >= 11 is 3.69. The van der Waals surface area contributed by atoms with Crippen molar-refractivity contribution in [2.45, 2.75) is 22.7 Å². The number of hydrogen-bond acceptors (Lipinski definition) is 8. The number of thioether (sulfide) groups is 1. The van der Waals surface area contributed by atoms with Crippen LogP contribution in [0.15, 0.2) is 81.9 Å². The number of benzene rings is 2. The highest BCUT2D eigenvalue weighted by Gasteiger charge is 2.57. The van der Waals surface area contributed by atoms with Crippen LogP contribution < -0.4 is 15.1 Å². The molecule has 11 heteroatoms. The first-order valence-electron chi connectivity index (χ1n) is 11.4. The summed E-state index contributed by atoms with van der Waals surface area (Å²) in [6.45, 7) is -0.238. The second-order valence-electron chi connectivity index (χ2n) is 8.62. The molecule has 4 aromatic rings. The molecule has 1 saturated heterocycles. The predicted octanol–water partition coefficient (Wildman–Crippen LogP) is 4.11. The van der Waals surface area contributed by atoms with Gasteiger partial charge in [-0.3, -0.25) is 23.7 Å². The topological polar surface area (TPSA) is 109 Å². The fraction of sp³-hybridized carbons (Fsp3) is 0.154. The highest BCUT2D eigenvalue weighted by atomic mass is 32.2. The van der Waals surface area contributed by atoms with E-state index in [0.29, 0.717) is 21.3 Å². The maximum atomic E-state index is 13.7. The van der Waals surface area contributed by atoms with Crippen molar-refractivity contribution in [3.05, 3.63) is 91.5 Å². The van der Waals surface area contributed by atoms with Crippen molar-refractivity contribution < 1.29 is 19.5 Å². The predicted molar refractivity (Wildman–Crippen MR) is 144 cm³/mol. The van der Waals surface area contributed by atoms with Crippen molar-refractivity contribution in [1.82, 2.24) is 4.57 Å². The lowest BCUT2D eigenvalue weighted by Crippen LogP contribution is -2.32. The van der Waals surface area contributed by atoms with Gasteiger partial charge in [-0.05, 0) is 47.8 Å². The molecule has 2 aromatic carbocycles. The normalized spacial score (nSPS) is 20.5. The number of phenols is 1. The van der Waals surface area contributed by atoms with Crippen molar-refractivity contribution in [3.63, 3.8) is 0 Å². The molecule has 0 aliphatic carbocycles. The molecule has 3 amide bonds. The SMILES string of the molecule is O=C(Cn1c2c(sc1=O)C(c1cccs1)C1C(=O)N(c3ccccc3)C(=O)C1S2)Nc1ccc(O)cc1. The molecule has 1 fully saturated rings. The second kappa shape index (κ2) is 9.33. The second-order valence-corrected chi connectivity index (χ2v) is 11.7. The number of thiazole rings is 1. The van der Waals surface area contributed by atoms with Gasteiger partial charge in [-0.1, -0.05) is 47.4 Å². The molecule has 0 radical (unpaired) electrons. The fourth-order valence-electron chi connectivity index (χ4n) is 4.75. The number of hydrogen-bond donors (Lipinski definition) is 2. The molecule has 3 unspecified atom stereocenters. The molecule has 186 valence electrons. The quantitative estimate of drug-likeness (QED) is 0.287. The van der Waals surface area contributed by atoms with Crippen LogP contribution in [0.25, 0.3) is 0 Å². The van der Waals surface area contributed by atoms with Gasteiger partial charge in [0, 0.05) is 21.4 Å². The number of fused-ring (bicyclic) bond motifs is 2. The van der Waals surface area contributed by atoms with E-state index in [2.05, 4.69) is 5.32 Å². The Morgan fingerprint density at radius 3 is 2.41 bits per heavy atom. The highest BCUT2D eigenvalue weighted by molar-refractivity contribution is 8.00. The summed E-state index contributed by atoms with van der Waals surface area (Å²) in [7, 11) is 0. The monoisotopic (exact) mass is 549 g/mol. The number of nitrogens with one attached hydrogen (secondary N) is 1. The van der Waals surface area contributed by atoms with Crippen LogP contribution in [-0.4, -0.2) is 32.6 Å². The zero-order chi connectivity index (χ0) is 25.7. The Morgan fingerprint density at radius 1 is 0.946 bits per heavy atom. The van der Waals surface area contributed by atoms with Gasteiger partial charge in [0.15, 0.2) is 0 Å². The van der Waals surface area contributed by atoms with Crippen molar-refractivity contribution in [3.8, 4) is 5.75 Å². The summed E-state index contributed by atoms with van der Waals surface area (Å²) < 4.78 is 1.39. The molecule has 0 spiro atoms. The summed E-state index contributed by atoms with van der Waals surface area (Å²) in [5.41, 5.74) is 1.01. The van der Waals surface area contributed by atoms with E-state index in [0.717, 1.165) is 16.2 Å². The summed E-state index contributed by atoms with van der Waals surface area (Å²) in [6.07, 6.45) is 0. The minimum atomic E-state index is -0.715. The van der Waals surface area contributed by atoms with E-state index >= 15 is 0 Å². The van der Waals surface area contributed by atoms with Crippen LogP contribution in [0.2, 0.25) is 0 Å². The Bertz CT molecular complexity index is 1560. The van der Waals surface area contributed by atoms with Crippen LogP contribution in [0.1, 0.15) is 15.7 Å². The van der Waals surface area contributed by atoms with Gasteiger partial charge in [0.05, 0.1) is 16.6 Å². The lowest BCUT2D eigenvalue weighted by atomic mass is 9.87. The first-order valence-corrected chi connectivity index (χ1v) is 14.0. The zero-order valence-corrected chi connectivity index (χ0v) is 21.5. The molecule has 0 bridgehead atoms. The van der Waals surface area contributed by atoms with Crippen LogP contribution in [-0.2, 0) is 20.9 Å². The number of aromatic nitrogens is 1. The highest BCUT2D eigenvalue weighted by Crippen LogP contribution is 2.54. The first kappa shape index (κ1) is 23.7. The Kier molecular flexibility index (Phi) is 5.98. The van der Waals surface area contributed by atoms with Gasteiger partial charge in [0.1, 0.15) is 17.5 Å². The van der Waals surface area contributed by atoms with E-state index in [9.17, 15) is 24.3 Å². The minimum absolute atomic E-state index is 0.0759. The third-order valence-corrected chi connectivity index (χ3v) is 9.93. The van der Waals surface area contributed by atoms with Gasteiger partial charge < -0.3 is 10.4 Å². The van der Waals surface area contributed by atoms with Gasteiger partial charge >= 0.3 is 4.87 Å². The van der Waals surface area contributed by atoms with Gasteiger partial charge in [-0.25, -0.2) is 4.90 Å². The van der Waals surface area contributed by atoms with E-state index in [4.69, 9.17) is 0 Å². The molecular formula is C26H19N3O5S3. The summed E-state index contributed by atoms with van der Waals surface area (Å²) in [5, 5.41) is 13.9. The fourth-order valence-corrected chi connectivity index (χ4v) is 8.47. The van der Waals surface area contributed by atoms with E-state index in [1.54, 1.807) is 36.4 Å². The molecule has 2 N–H and O–H groups in total. The van der Waals surface area contributed by atoms with E-state index in [-0.39, 0.29) is 29.0 Å². The van der Waals surface area contributed by atoms with Crippen molar-refractivity contribution in [2.75, 3.05) is 10.2 Å². The number of thiophene rings is 1. The third kappa shape index (κ3) is 4.08. The molecule has 8 nitrogen and oxygen atoms in total. The van der Waals surface area contributed by atoms with Crippen LogP contribution in [0.5, 0.6) is 5.75 Å². The van der Waals surface area contributed by atoms with Crippen LogP contribution in [0.4, 0.5) is 11.4 Å². The number of aromatic hydroxyl groups is 1. The van der Waals surface area contributed by atoms with E-state index in [1.807, 2.05) is 23.6 Å². The van der Waals surface area contributed by atoms with Crippen molar-refractivity contribution in [1.29, 1.82) is 0 Å². The van der Waals surface area contributed by atoms with Crippen molar-refractivity contribution >= 4 is 63.5 Å². The average molecular weight is 550 g/mol. The van der Waals surface area contributed by atoms with Gasteiger partial charge in [0.25, 0.3) is 0 Å². The number of nitrogens with zero attached hydrogens (tertiary/aromatic N) is 2. The molecule has 2 aliphatic rings. The number of imide groups is 1. The first-order chi connectivity index (χ1) is 17.9. The molecule has 6 rings (SSSR count). The Labute approximate surface area is 223 Å². The third-order valence-electron chi connectivity index (χ3n) is 6.37. The number of phenolic OH excluding ortho intramolecular Hbond substituents is 1. The number of para-hydroxylation sites is 1. The number of anilines is 2. The minimum Gasteiger partial charge on any atom is -0.508 e. The van der Waals surface area contributed by atoms with Gasteiger partial charge in [-0.2, -0.15) is 0 Å². The number of rotatable bonds is 5. The van der Waals surface area contributed by atoms with Gasteiger partial charge in [0.2, 0.25) is 17.7 Å². The van der Waals surface area contributed by atoms with Crippen LogP contribution >= 0.6 is 34.4 Å². The maximum Gasteiger partial charge on any atom is 0.308 e. The summed E-state index contributed by atoms with van der Waals surface area (Å²) in [4.78, 5) is 55.7. The molecule has 37 heavy (non-hydrogen) atoms. The molecule has 2 aromatic heterocycles. The maximum absolute atomic E-state index is 13.7. The molecular weight excluding hydrogens is 531 g/mol. The molecule has 4 heterocycles. The van der Waals surface area contributed by atoms with Crippen molar-refractivity contribution in [2.24, 2.45) is 5.92 Å². The van der Waals surface area contributed by atoms with E-state index in [1.165, 1.54) is 44.7 Å². The Hall–Kier alpha value is -3.67. The number of carbonyl (C=O) groups excluding carboxylic acids is 3. The number of carbonyl (C=O) groups is 3. The van der Waals surface area contributed by atoms with Crippen LogP contribution in [0.3, 0.4) is 0 Å². The Morgan fingerprint density at radius 2 is 1.70 bits per heavy atom. The zero-order valence-electron chi connectivity index (χ0n) is 19.1.